The number of nitrogens with zero attached hydrogens (tertiary/aromatic N) is 4. The molecule has 1 N–H and O–H groups in total. The van der Waals surface area contributed by atoms with Crippen molar-refractivity contribution in [1.82, 2.24) is 19.7 Å². The number of ether oxygens (including phenoxy) is 1. The molecule has 3 rings (SSSR count). The minimum absolute atomic E-state index is 0.165. The van der Waals surface area contributed by atoms with E-state index in [9.17, 15) is 9.59 Å². The molecule has 0 atom stereocenters. The SMILES string of the molecule is CCn1ncc2c(NC3CCN(C(=O)OC(C)(C)C)CC3)c(C=O)cnc21. The van der Waals surface area contributed by atoms with E-state index in [4.69, 9.17) is 4.74 Å². The van der Waals surface area contributed by atoms with Gasteiger partial charge in [0, 0.05) is 31.9 Å². The molecule has 8 heteroatoms. The molecule has 27 heavy (non-hydrogen) atoms. The molecule has 2 aromatic rings. The Morgan fingerprint density at radius 2 is 2.04 bits per heavy atom. The largest absolute Gasteiger partial charge is 0.444 e. The standard InChI is InChI=1S/C19H27N5O3/c1-5-24-17-15(11-21-24)16(13(12-25)10-20-17)22-14-6-8-23(9-7-14)18(26)27-19(2,3)4/h10-12,14H,5-9H2,1-4H3,(H,20,22). The van der Waals surface area contributed by atoms with Gasteiger partial charge in [0.05, 0.1) is 22.8 Å². The highest BCUT2D eigenvalue weighted by molar-refractivity contribution is 5.98. The number of hydrogen-bond donors (Lipinski definition) is 1. The molecule has 8 nitrogen and oxygen atoms in total. The van der Waals surface area contributed by atoms with Crippen molar-refractivity contribution in [2.24, 2.45) is 0 Å². The Labute approximate surface area is 158 Å². The van der Waals surface area contributed by atoms with Gasteiger partial charge in [-0.3, -0.25) is 4.79 Å². The molecule has 0 bridgehead atoms. The third-order valence-electron chi connectivity index (χ3n) is 4.62. The number of hydrogen-bond acceptors (Lipinski definition) is 6. The van der Waals surface area contributed by atoms with Gasteiger partial charge in [-0.05, 0) is 40.5 Å². The van der Waals surface area contributed by atoms with Crippen LogP contribution in [0.25, 0.3) is 11.0 Å². The van der Waals surface area contributed by atoms with E-state index >= 15 is 0 Å². The van der Waals surface area contributed by atoms with Crippen molar-refractivity contribution in [3.63, 3.8) is 0 Å². The second-order valence-corrected chi connectivity index (χ2v) is 7.79. The number of pyridine rings is 1. The number of aldehydes is 1. The fraction of sp³-hybridized carbons (Fsp3) is 0.579. The van der Waals surface area contributed by atoms with Gasteiger partial charge in [0.1, 0.15) is 5.60 Å². The van der Waals surface area contributed by atoms with Gasteiger partial charge in [0.2, 0.25) is 0 Å². The molecule has 0 unspecified atom stereocenters. The van der Waals surface area contributed by atoms with Gasteiger partial charge in [-0.15, -0.1) is 0 Å². The van der Waals surface area contributed by atoms with Crippen molar-refractivity contribution in [2.45, 2.75) is 58.7 Å². The number of amides is 1. The fourth-order valence-corrected chi connectivity index (χ4v) is 3.26. The molecule has 3 heterocycles. The average molecular weight is 373 g/mol. The van der Waals surface area contributed by atoms with Crippen molar-refractivity contribution in [2.75, 3.05) is 18.4 Å². The molecule has 0 spiro atoms. The summed E-state index contributed by atoms with van der Waals surface area (Å²) in [5.74, 6) is 0. The maximum absolute atomic E-state index is 12.2. The van der Waals surface area contributed by atoms with Crippen LogP contribution in [0.3, 0.4) is 0 Å². The number of rotatable bonds is 4. The molecule has 2 aromatic heterocycles. The second-order valence-electron chi connectivity index (χ2n) is 7.79. The van der Waals surface area contributed by atoms with Crippen LogP contribution in [0.5, 0.6) is 0 Å². The van der Waals surface area contributed by atoms with Crippen molar-refractivity contribution in [3.8, 4) is 0 Å². The summed E-state index contributed by atoms with van der Waals surface area (Å²) >= 11 is 0. The third-order valence-corrected chi connectivity index (χ3v) is 4.62. The van der Waals surface area contributed by atoms with E-state index in [1.54, 1.807) is 22.0 Å². The summed E-state index contributed by atoms with van der Waals surface area (Å²) < 4.78 is 7.25. The van der Waals surface area contributed by atoms with Crippen LogP contribution >= 0.6 is 0 Å². The predicted octanol–water partition coefficient (Wildman–Crippen LogP) is 3.08. The number of fused-ring (bicyclic) bond motifs is 1. The first-order chi connectivity index (χ1) is 12.8. The lowest BCUT2D eigenvalue weighted by Crippen LogP contribution is -2.44. The quantitative estimate of drug-likeness (QED) is 0.829. The van der Waals surface area contributed by atoms with E-state index in [1.165, 1.54) is 0 Å². The maximum Gasteiger partial charge on any atom is 0.410 e. The minimum atomic E-state index is -0.493. The topological polar surface area (TPSA) is 89.4 Å². The highest BCUT2D eigenvalue weighted by Gasteiger charge is 2.27. The Morgan fingerprint density at radius 3 is 2.63 bits per heavy atom. The first-order valence-electron chi connectivity index (χ1n) is 9.36. The van der Waals surface area contributed by atoms with Crippen molar-refractivity contribution < 1.29 is 14.3 Å². The van der Waals surface area contributed by atoms with Crippen LogP contribution in [-0.2, 0) is 11.3 Å². The highest BCUT2D eigenvalue weighted by Crippen LogP contribution is 2.27. The number of likely N-dealkylation sites (tertiary alicyclic amines) is 1. The van der Waals surface area contributed by atoms with Gasteiger partial charge in [0.15, 0.2) is 11.9 Å². The van der Waals surface area contributed by atoms with Crippen LogP contribution in [0.4, 0.5) is 10.5 Å². The molecule has 0 aromatic carbocycles. The number of nitrogens with one attached hydrogen (secondary N) is 1. The van der Waals surface area contributed by atoms with Crippen LogP contribution < -0.4 is 5.32 Å². The molecule has 0 saturated carbocycles. The van der Waals surface area contributed by atoms with E-state index in [-0.39, 0.29) is 12.1 Å². The molecule has 1 aliphatic rings. The summed E-state index contributed by atoms with van der Waals surface area (Å²) in [4.78, 5) is 29.8. The van der Waals surface area contributed by atoms with Gasteiger partial charge in [-0.25, -0.2) is 14.5 Å². The predicted molar refractivity (Wildman–Crippen MR) is 103 cm³/mol. The molecule has 1 aliphatic heterocycles. The number of aromatic nitrogens is 3. The number of carbonyl (C=O) groups excluding carboxylic acids is 2. The zero-order valence-corrected chi connectivity index (χ0v) is 16.4. The summed E-state index contributed by atoms with van der Waals surface area (Å²) in [5, 5.41) is 8.67. The summed E-state index contributed by atoms with van der Waals surface area (Å²) in [6.07, 6.45) is 5.43. The summed E-state index contributed by atoms with van der Waals surface area (Å²) in [6.45, 7) is 9.55. The lowest BCUT2D eigenvalue weighted by molar-refractivity contribution is 0.0210. The molecule has 0 aliphatic carbocycles. The monoisotopic (exact) mass is 373 g/mol. The van der Waals surface area contributed by atoms with E-state index in [2.05, 4.69) is 15.4 Å². The van der Waals surface area contributed by atoms with E-state index < -0.39 is 5.60 Å². The lowest BCUT2D eigenvalue weighted by atomic mass is 10.0. The van der Waals surface area contributed by atoms with Crippen LogP contribution in [-0.4, -0.2) is 56.8 Å². The van der Waals surface area contributed by atoms with Crippen LogP contribution in [0.15, 0.2) is 12.4 Å². The smallest absolute Gasteiger partial charge is 0.410 e. The molecular formula is C19H27N5O3. The number of aryl methyl sites for hydroxylation is 1. The Balaban J connectivity index is 1.71. The number of piperidine rings is 1. The van der Waals surface area contributed by atoms with Crippen LogP contribution in [0, 0.1) is 0 Å². The van der Waals surface area contributed by atoms with E-state index in [1.807, 2.05) is 27.7 Å². The lowest BCUT2D eigenvalue weighted by Gasteiger charge is -2.34. The maximum atomic E-state index is 12.2. The molecule has 1 amide bonds. The Kier molecular flexibility index (Phi) is 5.34. The third kappa shape index (κ3) is 4.20. The first-order valence-corrected chi connectivity index (χ1v) is 9.36. The highest BCUT2D eigenvalue weighted by atomic mass is 16.6. The molecular weight excluding hydrogens is 346 g/mol. The summed E-state index contributed by atoms with van der Waals surface area (Å²) in [5.41, 5.74) is 1.56. The first kappa shape index (κ1) is 19.1. The molecule has 146 valence electrons. The Bertz CT molecular complexity index is 832. The fourth-order valence-electron chi connectivity index (χ4n) is 3.26. The average Bonchev–Trinajstić information content (AvgIpc) is 3.04. The molecule has 1 saturated heterocycles. The zero-order valence-electron chi connectivity index (χ0n) is 16.4. The van der Waals surface area contributed by atoms with Gasteiger partial charge >= 0.3 is 6.09 Å². The van der Waals surface area contributed by atoms with Crippen LogP contribution in [0.2, 0.25) is 0 Å². The number of anilines is 1. The Hall–Kier alpha value is -2.64. The van der Waals surface area contributed by atoms with Crippen LogP contribution in [0.1, 0.15) is 50.9 Å². The summed E-state index contributed by atoms with van der Waals surface area (Å²) in [6, 6.07) is 0.165. The second kappa shape index (κ2) is 7.54. The minimum Gasteiger partial charge on any atom is -0.444 e. The van der Waals surface area contributed by atoms with E-state index in [0.29, 0.717) is 25.2 Å². The van der Waals surface area contributed by atoms with Gasteiger partial charge in [-0.2, -0.15) is 5.10 Å². The van der Waals surface area contributed by atoms with Gasteiger partial charge < -0.3 is 15.0 Å². The van der Waals surface area contributed by atoms with Crippen molar-refractivity contribution in [1.29, 1.82) is 0 Å². The van der Waals surface area contributed by atoms with E-state index in [0.717, 1.165) is 35.8 Å². The van der Waals surface area contributed by atoms with Crippen molar-refractivity contribution >= 4 is 29.1 Å². The van der Waals surface area contributed by atoms with Gasteiger partial charge in [0.25, 0.3) is 0 Å². The molecule has 1 fully saturated rings. The van der Waals surface area contributed by atoms with Gasteiger partial charge in [-0.1, -0.05) is 0 Å². The molecule has 0 radical (unpaired) electrons. The van der Waals surface area contributed by atoms with Crippen molar-refractivity contribution in [3.05, 3.63) is 18.0 Å². The number of carbonyl (C=O) groups is 2. The Morgan fingerprint density at radius 1 is 1.33 bits per heavy atom. The summed E-state index contributed by atoms with van der Waals surface area (Å²) in [7, 11) is 0. The normalized spacial score (nSPS) is 15.8. The zero-order chi connectivity index (χ0) is 19.6.